The van der Waals surface area contributed by atoms with Gasteiger partial charge < -0.3 is 14.2 Å². The fraction of sp³-hybridized carbons (Fsp3) is 0.211. The first-order valence-corrected chi connectivity index (χ1v) is 10.6. The van der Waals surface area contributed by atoms with Gasteiger partial charge >= 0.3 is 0 Å². The Balaban J connectivity index is 1.76. The van der Waals surface area contributed by atoms with Crippen molar-refractivity contribution in [3.8, 4) is 17.2 Å². The Morgan fingerprint density at radius 2 is 1.74 bits per heavy atom. The Labute approximate surface area is 178 Å². The molecule has 1 aromatic carbocycles. The second kappa shape index (κ2) is 8.14. The van der Waals surface area contributed by atoms with Crippen molar-refractivity contribution in [2.24, 2.45) is 0 Å². The van der Waals surface area contributed by atoms with Gasteiger partial charge in [-0.2, -0.15) is 5.10 Å². The second-order valence-corrected chi connectivity index (χ2v) is 8.07. The Morgan fingerprint density at radius 1 is 1.03 bits per heavy atom. The zero-order valence-corrected chi connectivity index (χ0v) is 17.8. The third-order valence-corrected chi connectivity index (χ3v) is 5.94. The molecule has 0 amide bonds. The maximum Gasteiger partial charge on any atom is 0.270 e. The predicted octanol–water partition coefficient (Wildman–Crippen LogP) is 1.80. The lowest BCUT2D eigenvalue weighted by atomic mass is 10.2. The van der Waals surface area contributed by atoms with Crippen molar-refractivity contribution in [1.29, 1.82) is 0 Å². The van der Waals surface area contributed by atoms with Gasteiger partial charge in [0.05, 0.1) is 27.9 Å². The minimum Gasteiger partial charge on any atom is -0.495 e. The molecule has 0 unspecified atom stereocenters. The van der Waals surface area contributed by atoms with Crippen LogP contribution in [-0.2, 0) is 16.6 Å². The summed E-state index contributed by atoms with van der Waals surface area (Å²) in [5.41, 5.74) is 1.21. The summed E-state index contributed by atoms with van der Waals surface area (Å²) in [7, 11) is 0.127. The minimum atomic E-state index is -4.12. The highest BCUT2D eigenvalue weighted by Gasteiger charge is 2.27. The van der Waals surface area contributed by atoms with Crippen LogP contribution in [0.2, 0.25) is 0 Å². The molecule has 0 saturated heterocycles. The summed E-state index contributed by atoms with van der Waals surface area (Å²) in [6, 6.07) is 8.30. The SMILES string of the molecule is COc1cccc(OC)c1S(=O)(=O)Nc1nnn2cc(Cn3cccn3)cc(OC)c12. The van der Waals surface area contributed by atoms with Crippen LogP contribution in [0.1, 0.15) is 5.56 Å². The summed E-state index contributed by atoms with van der Waals surface area (Å²) in [5.74, 6) is 0.684. The Bertz CT molecular complexity index is 1300. The molecule has 0 saturated carbocycles. The van der Waals surface area contributed by atoms with Gasteiger partial charge in [-0.15, -0.1) is 5.10 Å². The van der Waals surface area contributed by atoms with Gasteiger partial charge in [0.15, 0.2) is 16.2 Å². The molecule has 0 spiro atoms. The highest BCUT2D eigenvalue weighted by atomic mass is 32.2. The van der Waals surface area contributed by atoms with E-state index in [9.17, 15) is 8.42 Å². The lowest BCUT2D eigenvalue weighted by Gasteiger charge is -2.14. The minimum absolute atomic E-state index is 0.00967. The monoisotopic (exact) mass is 444 g/mol. The molecule has 3 aromatic heterocycles. The normalized spacial score (nSPS) is 11.5. The van der Waals surface area contributed by atoms with E-state index in [1.165, 1.54) is 38.0 Å². The van der Waals surface area contributed by atoms with E-state index in [1.807, 2.05) is 12.3 Å². The van der Waals surface area contributed by atoms with Crippen LogP contribution in [0.15, 0.2) is 53.8 Å². The molecule has 0 aliphatic carbocycles. The average Bonchev–Trinajstić information content (AvgIpc) is 3.42. The topological polar surface area (TPSA) is 122 Å². The maximum absolute atomic E-state index is 13.2. The molecule has 0 fully saturated rings. The lowest BCUT2D eigenvalue weighted by molar-refractivity contribution is 0.373. The summed E-state index contributed by atoms with van der Waals surface area (Å²) in [4.78, 5) is -0.143. The first-order chi connectivity index (χ1) is 15.0. The third kappa shape index (κ3) is 3.84. The van der Waals surface area contributed by atoms with Crippen LogP contribution < -0.4 is 18.9 Å². The number of hydrogen-bond donors (Lipinski definition) is 1. The van der Waals surface area contributed by atoms with Crippen molar-refractivity contribution in [3.63, 3.8) is 0 Å². The molecule has 11 nitrogen and oxygen atoms in total. The van der Waals surface area contributed by atoms with Crippen molar-refractivity contribution in [3.05, 3.63) is 54.5 Å². The molecular weight excluding hydrogens is 424 g/mol. The Hall–Kier alpha value is -3.80. The number of nitrogens with zero attached hydrogens (tertiary/aromatic N) is 5. The molecule has 0 atom stereocenters. The number of methoxy groups -OCH3 is 3. The van der Waals surface area contributed by atoms with Crippen LogP contribution in [0.5, 0.6) is 17.2 Å². The molecule has 31 heavy (non-hydrogen) atoms. The number of ether oxygens (including phenoxy) is 3. The number of benzene rings is 1. The smallest absolute Gasteiger partial charge is 0.270 e. The van der Waals surface area contributed by atoms with E-state index in [0.717, 1.165) is 5.56 Å². The summed E-state index contributed by atoms with van der Waals surface area (Å²) in [6.07, 6.45) is 5.25. The maximum atomic E-state index is 13.2. The molecule has 0 aliphatic heterocycles. The van der Waals surface area contributed by atoms with E-state index in [2.05, 4.69) is 20.1 Å². The van der Waals surface area contributed by atoms with Gasteiger partial charge in [0.25, 0.3) is 10.0 Å². The van der Waals surface area contributed by atoms with Crippen LogP contribution in [0.3, 0.4) is 0 Å². The zero-order valence-electron chi connectivity index (χ0n) is 17.0. The van der Waals surface area contributed by atoms with Crippen molar-refractivity contribution in [2.45, 2.75) is 11.4 Å². The highest BCUT2D eigenvalue weighted by Crippen LogP contribution is 2.35. The number of fused-ring (bicyclic) bond motifs is 1. The molecule has 3 heterocycles. The number of anilines is 1. The zero-order chi connectivity index (χ0) is 22.0. The number of pyridine rings is 1. The molecule has 1 N–H and O–H groups in total. The van der Waals surface area contributed by atoms with Crippen LogP contribution >= 0.6 is 0 Å². The quantitative estimate of drug-likeness (QED) is 0.437. The summed E-state index contributed by atoms with van der Waals surface area (Å²) in [5, 5.41) is 12.2. The van der Waals surface area contributed by atoms with Gasteiger partial charge in [0.1, 0.15) is 17.2 Å². The lowest BCUT2D eigenvalue weighted by Crippen LogP contribution is -2.16. The van der Waals surface area contributed by atoms with Gasteiger partial charge in [-0.05, 0) is 29.8 Å². The van der Waals surface area contributed by atoms with Crippen molar-refractivity contribution >= 4 is 21.4 Å². The highest BCUT2D eigenvalue weighted by molar-refractivity contribution is 7.93. The number of nitrogens with one attached hydrogen (secondary N) is 1. The molecule has 0 bridgehead atoms. The summed E-state index contributed by atoms with van der Waals surface area (Å²) in [6.45, 7) is 0.485. The number of sulfonamides is 1. The van der Waals surface area contributed by atoms with Crippen molar-refractivity contribution in [2.75, 3.05) is 26.1 Å². The largest absolute Gasteiger partial charge is 0.495 e. The number of rotatable bonds is 8. The van der Waals surface area contributed by atoms with Crippen LogP contribution in [0.4, 0.5) is 5.82 Å². The van der Waals surface area contributed by atoms with Gasteiger partial charge in [0.2, 0.25) is 0 Å². The molecule has 0 radical (unpaired) electrons. The third-order valence-electron chi connectivity index (χ3n) is 4.54. The van der Waals surface area contributed by atoms with E-state index < -0.39 is 10.0 Å². The van der Waals surface area contributed by atoms with E-state index in [-0.39, 0.29) is 22.2 Å². The molecular formula is C19H20N6O5S. The van der Waals surface area contributed by atoms with Crippen LogP contribution in [0.25, 0.3) is 5.52 Å². The van der Waals surface area contributed by atoms with Crippen molar-refractivity contribution in [1.82, 2.24) is 24.6 Å². The molecule has 4 rings (SSSR count). The van der Waals surface area contributed by atoms with Gasteiger partial charge in [0, 0.05) is 18.6 Å². The fourth-order valence-electron chi connectivity index (χ4n) is 3.20. The van der Waals surface area contributed by atoms with Crippen molar-refractivity contribution < 1.29 is 22.6 Å². The fourth-order valence-corrected chi connectivity index (χ4v) is 4.52. The number of aromatic nitrogens is 5. The molecule has 162 valence electrons. The Kier molecular flexibility index (Phi) is 5.38. The second-order valence-electron chi connectivity index (χ2n) is 6.45. The standard InChI is InChI=1S/C19H20N6O5S/c1-28-14-6-4-7-15(29-2)18(14)31(26,27)22-19-17-16(30-3)10-13(12-25(17)23-21-19)11-24-9-5-8-20-24/h4-10,12,22H,11H2,1-3H3. The predicted molar refractivity (Wildman–Crippen MR) is 111 cm³/mol. The van der Waals surface area contributed by atoms with E-state index >= 15 is 0 Å². The van der Waals surface area contributed by atoms with E-state index in [4.69, 9.17) is 14.2 Å². The van der Waals surface area contributed by atoms with Gasteiger partial charge in [-0.3, -0.25) is 9.40 Å². The summed E-state index contributed by atoms with van der Waals surface area (Å²) >= 11 is 0. The number of hydrogen-bond acceptors (Lipinski definition) is 8. The van der Waals surface area contributed by atoms with Gasteiger partial charge in [-0.25, -0.2) is 12.9 Å². The Morgan fingerprint density at radius 3 is 2.35 bits per heavy atom. The average molecular weight is 444 g/mol. The first-order valence-electron chi connectivity index (χ1n) is 9.10. The molecule has 12 heteroatoms. The first kappa shape index (κ1) is 20.5. The summed E-state index contributed by atoms with van der Waals surface area (Å²) < 4.78 is 47.9. The molecule has 0 aliphatic rings. The van der Waals surface area contributed by atoms with Gasteiger partial charge in [-0.1, -0.05) is 11.3 Å². The van der Waals surface area contributed by atoms with Crippen LogP contribution in [-0.4, -0.2) is 54.4 Å². The van der Waals surface area contributed by atoms with E-state index in [1.54, 1.807) is 29.2 Å². The van der Waals surface area contributed by atoms with Crippen LogP contribution in [0, 0.1) is 0 Å². The molecule has 4 aromatic rings. The van der Waals surface area contributed by atoms with E-state index in [0.29, 0.717) is 17.8 Å².